The van der Waals surface area contributed by atoms with Crippen molar-refractivity contribution in [2.24, 2.45) is 0 Å². The van der Waals surface area contributed by atoms with Crippen molar-refractivity contribution >= 4 is 5.97 Å². The normalized spacial score (nSPS) is 10.2. The molecule has 1 aromatic carbocycles. The first kappa shape index (κ1) is 16.4. The van der Waals surface area contributed by atoms with E-state index in [1.54, 1.807) is 7.11 Å². The van der Waals surface area contributed by atoms with Crippen LogP contribution >= 0.6 is 0 Å². The SMILES string of the molecule is COC(OC)(OC)C(=O)O.COc1ccccc1. The number of methoxy groups -OCH3 is 4. The zero-order chi connectivity index (χ0) is 14.0. The fraction of sp³-hybridized carbons (Fsp3) is 0.417. The highest BCUT2D eigenvalue weighted by atomic mass is 16.9. The van der Waals surface area contributed by atoms with Crippen LogP contribution < -0.4 is 4.74 Å². The van der Waals surface area contributed by atoms with E-state index in [1.807, 2.05) is 30.3 Å². The Morgan fingerprint density at radius 3 is 1.61 bits per heavy atom. The molecule has 18 heavy (non-hydrogen) atoms. The number of para-hydroxylation sites is 1. The third-order valence-electron chi connectivity index (χ3n) is 2.05. The molecule has 0 unspecified atom stereocenters. The van der Waals surface area contributed by atoms with Crippen LogP contribution in [0.5, 0.6) is 5.75 Å². The summed E-state index contributed by atoms with van der Waals surface area (Å²) in [6.07, 6.45) is 0. The molecule has 0 aromatic heterocycles. The largest absolute Gasteiger partial charge is 0.497 e. The molecule has 0 aliphatic carbocycles. The van der Waals surface area contributed by atoms with Crippen LogP contribution in [0, 0.1) is 0 Å². The molecular weight excluding hydrogens is 240 g/mol. The quantitative estimate of drug-likeness (QED) is 0.804. The van der Waals surface area contributed by atoms with Crippen molar-refractivity contribution in [3.63, 3.8) is 0 Å². The zero-order valence-corrected chi connectivity index (χ0v) is 10.9. The zero-order valence-electron chi connectivity index (χ0n) is 10.9. The molecule has 0 heterocycles. The number of rotatable bonds is 5. The maximum Gasteiger partial charge on any atom is 0.395 e. The van der Waals surface area contributed by atoms with Gasteiger partial charge < -0.3 is 24.1 Å². The molecule has 0 aliphatic heterocycles. The van der Waals surface area contributed by atoms with Crippen LogP contribution in [-0.4, -0.2) is 45.5 Å². The maximum absolute atomic E-state index is 10.3. The Labute approximate surface area is 106 Å². The fourth-order valence-electron chi connectivity index (χ4n) is 1.07. The van der Waals surface area contributed by atoms with E-state index in [2.05, 4.69) is 14.2 Å². The monoisotopic (exact) mass is 258 g/mol. The molecule has 0 atom stereocenters. The Hall–Kier alpha value is -1.63. The van der Waals surface area contributed by atoms with E-state index < -0.39 is 11.9 Å². The molecule has 0 spiro atoms. The van der Waals surface area contributed by atoms with Gasteiger partial charge in [-0.05, 0) is 12.1 Å². The van der Waals surface area contributed by atoms with E-state index in [0.717, 1.165) is 5.75 Å². The molecule has 1 aromatic rings. The van der Waals surface area contributed by atoms with Gasteiger partial charge in [0, 0.05) is 21.3 Å². The van der Waals surface area contributed by atoms with Crippen LogP contribution in [0.3, 0.4) is 0 Å². The van der Waals surface area contributed by atoms with Crippen molar-refractivity contribution in [3.8, 4) is 5.75 Å². The Morgan fingerprint density at radius 2 is 1.44 bits per heavy atom. The summed E-state index contributed by atoms with van der Waals surface area (Å²) < 4.78 is 18.3. The summed E-state index contributed by atoms with van der Waals surface area (Å²) in [4.78, 5) is 10.3. The Kier molecular flexibility index (Phi) is 7.69. The van der Waals surface area contributed by atoms with Gasteiger partial charge in [0.05, 0.1) is 7.11 Å². The number of carboxylic acids is 1. The molecule has 0 amide bonds. The average Bonchev–Trinajstić information content (AvgIpc) is 2.43. The van der Waals surface area contributed by atoms with E-state index in [-0.39, 0.29) is 0 Å². The highest BCUT2D eigenvalue weighted by Gasteiger charge is 2.39. The first-order chi connectivity index (χ1) is 8.56. The summed E-state index contributed by atoms with van der Waals surface area (Å²) in [5.41, 5.74) is 0. The van der Waals surface area contributed by atoms with Gasteiger partial charge in [-0.25, -0.2) is 4.79 Å². The lowest BCUT2D eigenvalue weighted by Gasteiger charge is -2.22. The standard InChI is InChI=1S/C7H8O.C5H10O5/c1-8-7-5-3-2-4-6-7;1-8-5(9-2,10-3)4(6)7/h2-6H,1H3;1-3H3,(H,6,7). The highest BCUT2D eigenvalue weighted by Crippen LogP contribution is 2.11. The second-order valence-electron chi connectivity index (χ2n) is 2.99. The first-order valence-corrected chi connectivity index (χ1v) is 5.04. The topological polar surface area (TPSA) is 74.2 Å². The predicted octanol–water partition coefficient (Wildman–Crippen LogP) is 1.36. The molecule has 6 nitrogen and oxygen atoms in total. The number of hydrogen-bond donors (Lipinski definition) is 1. The highest BCUT2D eigenvalue weighted by molar-refractivity contribution is 5.73. The smallest absolute Gasteiger partial charge is 0.395 e. The number of aliphatic carboxylic acids is 1. The van der Waals surface area contributed by atoms with Crippen LogP contribution in [-0.2, 0) is 19.0 Å². The molecule has 0 saturated heterocycles. The van der Waals surface area contributed by atoms with Gasteiger partial charge in [-0.15, -0.1) is 0 Å². The van der Waals surface area contributed by atoms with Crippen LogP contribution in [0.15, 0.2) is 30.3 Å². The Balaban J connectivity index is 0.000000327. The molecule has 6 heteroatoms. The van der Waals surface area contributed by atoms with Crippen molar-refractivity contribution in [2.45, 2.75) is 5.97 Å². The van der Waals surface area contributed by atoms with Gasteiger partial charge in [0.1, 0.15) is 5.75 Å². The molecule has 0 bridgehead atoms. The lowest BCUT2D eigenvalue weighted by Crippen LogP contribution is -2.44. The average molecular weight is 258 g/mol. The number of benzene rings is 1. The molecule has 1 N–H and O–H groups in total. The summed E-state index contributed by atoms with van der Waals surface area (Å²) in [7, 11) is 5.21. The lowest BCUT2D eigenvalue weighted by molar-refractivity contribution is -0.335. The number of carboxylic acid groups (broad SMARTS) is 1. The van der Waals surface area contributed by atoms with Crippen molar-refractivity contribution in [3.05, 3.63) is 30.3 Å². The summed E-state index contributed by atoms with van der Waals surface area (Å²) in [5, 5.41) is 8.45. The van der Waals surface area contributed by atoms with Gasteiger partial charge >= 0.3 is 11.9 Å². The minimum absolute atomic E-state index is 0.910. The predicted molar refractivity (Wildman–Crippen MR) is 64.4 cm³/mol. The molecule has 0 radical (unpaired) electrons. The molecule has 0 saturated carbocycles. The minimum atomic E-state index is -1.96. The molecular formula is C12H18O6. The van der Waals surface area contributed by atoms with E-state index in [0.29, 0.717) is 0 Å². The summed E-state index contributed by atoms with van der Waals surface area (Å²) >= 11 is 0. The Morgan fingerprint density at radius 1 is 1.00 bits per heavy atom. The molecule has 0 fully saturated rings. The summed E-state index contributed by atoms with van der Waals surface area (Å²) in [6, 6.07) is 9.68. The van der Waals surface area contributed by atoms with Gasteiger partial charge in [-0.3, -0.25) is 0 Å². The number of hydrogen-bond acceptors (Lipinski definition) is 5. The van der Waals surface area contributed by atoms with Crippen LogP contribution in [0.1, 0.15) is 0 Å². The number of ether oxygens (including phenoxy) is 4. The van der Waals surface area contributed by atoms with Crippen molar-refractivity contribution in [1.29, 1.82) is 0 Å². The lowest BCUT2D eigenvalue weighted by atomic mass is 10.3. The van der Waals surface area contributed by atoms with Gasteiger partial charge in [0.25, 0.3) is 0 Å². The van der Waals surface area contributed by atoms with Crippen LogP contribution in [0.4, 0.5) is 0 Å². The molecule has 102 valence electrons. The van der Waals surface area contributed by atoms with E-state index in [9.17, 15) is 4.79 Å². The van der Waals surface area contributed by atoms with Crippen molar-refractivity contribution in [2.75, 3.05) is 28.4 Å². The van der Waals surface area contributed by atoms with Gasteiger partial charge in [0.15, 0.2) is 0 Å². The van der Waals surface area contributed by atoms with Gasteiger partial charge in [-0.2, -0.15) is 0 Å². The Bertz CT molecular complexity index is 325. The fourth-order valence-corrected chi connectivity index (χ4v) is 1.07. The van der Waals surface area contributed by atoms with Crippen LogP contribution in [0.2, 0.25) is 0 Å². The number of carbonyl (C=O) groups is 1. The van der Waals surface area contributed by atoms with Gasteiger partial charge in [0.2, 0.25) is 0 Å². The minimum Gasteiger partial charge on any atom is -0.497 e. The van der Waals surface area contributed by atoms with E-state index in [4.69, 9.17) is 9.84 Å². The second kappa shape index (κ2) is 8.46. The van der Waals surface area contributed by atoms with Crippen LogP contribution in [0.25, 0.3) is 0 Å². The summed E-state index contributed by atoms with van der Waals surface area (Å²) in [5.74, 6) is -2.37. The van der Waals surface area contributed by atoms with Crippen molar-refractivity contribution < 1.29 is 28.8 Å². The third kappa shape index (κ3) is 4.70. The second-order valence-corrected chi connectivity index (χ2v) is 2.99. The third-order valence-corrected chi connectivity index (χ3v) is 2.05. The van der Waals surface area contributed by atoms with E-state index in [1.165, 1.54) is 21.3 Å². The summed E-state index contributed by atoms with van der Waals surface area (Å²) in [6.45, 7) is 0. The van der Waals surface area contributed by atoms with E-state index >= 15 is 0 Å². The first-order valence-electron chi connectivity index (χ1n) is 5.04. The van der Waals surface area contributed by atoms with Crippen molar-refractivity contribution in [1.82, 2.24) is 0 Å². The molecule has 0 aliphatic rings. The maximum atomic E-state index is 10.3. The van der Waals surface area contributed by atoms with Gasteiger partial charge in [-0.1, -0.05) is 18.2 Å². The molecule has 1 rings (SSSR count).